The fourth-order valence-corrected chi connectivity index (χ4v) is 2.42. The lowest BCUT2D eigenvalue weighted by Crippen LogP contribution is -2.01. The normalized spacial score (nSPS) is 10.2. The van der Waals surface area contributed by atoms with E-state index in [9.17, 15) is 9.90 Å². The molecule has 0 unspecified atom stereocenters. The van der Waals surface area contributed by atoms with Gasteiger partial charge in [-0.05, 0) is 18.6 Å². The molecule has 0 spiro atoms. The first kappa shape index (κ1) is 11.7. The first-order valence-corrected chi connectivity index (χ1v) is 6.09. The van der Waals surface area contributed by atoms with E-state index in [1.807, 2.05) is 30.3 Å². The van der Waals surface area contributed by atoms with E-state index in [4.69, 9.17) is 4.74 Å². The summed E-state index contributed by atoms with van der Waals surface area (Å²) >= 11 is 1.24. The SMILES string of the molecule is CCOC(=O)c1sc(-c2ccccc2)cc1O. The van der Waals surface area contributed by atoms with Crippen LogP contribution >= 0.6 is 11.3 Å². The second-order valence-electron chi connectivity index (χ2n) is 3.41. The van der Waals surface area contributed by atoms with E-state index in [1.165, 1.54) is 11.3 Å². The number of carbonyl (C=O) groups is 1. The van der Waals surface area contributed by atoms with E-state index in [1.54, 1.807) is 13.0 Å². The van der Waals surface area contributed by atoms with Crippen molar-refractivity contribution >= 4 is 17.3 Å². The van der Waals surface area contributed by atoms with Gasteiger partial charge in [0.2, 0.25) is 0 Å². The minimum Gasteiger partial charge on any atom is -0.506 e. The maximum absolute atomic E-state index is 11.5. The predicted molar refractivity (Wildman–Crippen MR) is 67.4 cm³/mol. The van der Waals surface area contributed by atoms with Gasteiger partial charge in [-0.1, -0.05) is 30.3 Å². The molecule has 0 aliphatic rings. The highest BCUT2D eigenvalue weighted by molar-refractivity contribution is 7.17. The Morgan fingerprint density at radius 3 is 2.71 bits per heavy atom. The molecule has 17 heavy (non-hydrogen) atoms. The lowest BCUT2D eigenvalue weighted by Gasteiger charge is -1.98. The van der Waals surface area contributed by atoms with Crippen molar-refractivity contribution in [2.24, 2.45) is 0 Å². The quantitative estimate of drug-likeness (QED) is 0.848. The molecule has 0 aliphatic heterocycles. The van der Waals surface area contributed by atoms with Gasteiger partial charge in [0.25, 0.3) is 0 Å². The van der Waals surface area contributed by atoms with Gasteiger partial charge in [-0.25, -0.2) is 4.79 Å². The Morgan fingerprint density at radius 1 is 1.35 bits per heavy atom. The number of thiophene rings is 1. The van der Waals surface area contributed by atoms with E-state index < -0.39 is 5.97 Å². The third kappa shape index (κ3) is 2.47. The minimum atomic E-state index is -0.475. The number of aromatic hydroxyl groups is 1. The fraction of sp³-hybridized carbons (Fsp3) is 0.154. The molecule has 0 saturated heterocycles. The molecule has 2 aromatic rings. The molecule has 0 amide bonds. The summed E-state index contributed by atoms with van der Waals surface area (Å²) in [6.07, 6.45) is 0. The van der Waals surface area contributed by atoms with Crippen LogP contribution in [0.2, 0.25) is 0 Å². The molecule has 0 aliphatic carbocycles. The van der Waals surface area contributed by atoms with Crippen molar-refractivity contribution in [3.8, 4) is 16.2 Å². The Labute approximate surface area is 103 Å². The summed E-state index contributed by atoms with van der Waals surface area (Å²) in [4.78, 5) is 12.6. The van der Waals surface area contributed by atoms with Crippen molar-refractivity contribution in [3.63, 3.8) is 0 Å². The molecule has 1 N–H and O–H groups in total. The minimum absolute atomic E-state index is 0.0210. The summed E-state index contributed by atoms with van der Waals surface area (Å²) in [6.45, 7) is 2.04. The Balaban J connectivity index is 2.34. The molecule has 0 atom stereocenters. The topological polar surface area (TPSA) is 46.5 Å². The molecule has 1 aromatic carbocycles. The number of hydrogen-bond acceptors (Lipinski definition) is 4. The highest BCUT2D eigenvalue weighted by atomic mass is 32.1. The van der Waals surface area contributed by atoms with Crippen LogP contribution in [0.1, 0.15) is 16.6 Å². The smallest absolute Gasteiger partial charge is 0.352 e. The maximum Gasteiger partial charge on any atom is 0.352 e. The van der Waals surface area contributed by atoms with Crippen molar-refractivity contribution in [3.05, 3.63) is 41.3 Å². The van der Waals surface area contributed by atoms with Crippen LogP contribution in [0, 0.1) is 0 Å². The average Bonchev–Trinajstić information content (AvgIpc) is 2.73. The molecule has 0 saturated carbocycles. The number of ether oxygens (including phenoxy) is 1. The van der Waals surface area contributed by atoms with Gasteiger partial charge in [-0.15, -0.1) is 11.3 Å². The molecule has 3 nitrogen and oxygen atoms in total. The highest BCUT2D eigenvalue weighted by Gasteiger charge is 2.17. The molecule has 88 valence electrons. The van der Waals surface area contributed by atoms with Crippen molar-refractivity contribution in [2.45, 2.75) is 6.92 Å². The standard InChI is InChI=1S/C13H12O3S/c1-2-16-13(15)12-10(14)8-11(17-12)9-6-4-3-5-7-9/h3-8,14H,2H2,1H3. The van der Waals surface area contributed by atoms with Crippen LogP contribution in [0.25, 0.3) is 10.4 Å². The van der Waals surface area contributed by atoms with Crippen molar-refractivity contribution < 1.29 is 14.6 Å². The Hall–Kier alpha value is -1.81. The maximum atomic E-state index is 11.5. The zero-order chi connectivity index (χ0) is 12.3. The van der Waals surface area contributed by atoms with Crippen LogP contribution in [0.3, 0.4) is 0 Å². The van der Waals surface area contributed by atoms with Gasteiger partial charge in [0.05, 0.1) is 6.61 Å². The third-order valence-electron chi connectivity index (χ3n) is 2.23. The molecule has 4 heteroatoms. The summed E-state index contributed by atoms with van der Waals surface area (Å²) in [5.74, 6) is -0.496. The number of hydrogen-bond donors (Lipinski definition) is 1. The highest BCUT2D eigenvalue weighted by Crippen LogP contribution is 2.35. The van der Waals surface area contributed by atoms with E-state index in [-0.39, 0.29) is 10.6 Å². The van der Waals surface area contributed by atoms with Crippen LogP contribution < -0.4 is 0 Å². The van der Waals surface area contributed by atoms with Crippen LogP contribution in [0.15, 0.2) is 36.4 Å². The first-order chi connectivity index (χ1) is 8.22. The average molecular weight is 248 g/mol. The van der Waals surface area contributed by atoms with Gasteiger partial charge in [0, 0.05) is 4.88 Å². The van der Waals surface area contributed by atoms with E-state index in [0.29, 0.717) is 6.61 Å². The molecule has 0 radical (unpaired) electrons. The third-order valence-corrected chi connectivity index (χ3v) is 3.39. The summed E-state index contributed by atoms with van der Waals surface area (Å²) in [7, 11) is 0. The first-order valence-electron chi connectivity index (χ1n) is 5.27. The number of carbonyl (C=O) groups excluding carboxylic acids is 1. The Morgan fingerprint density at radius 2 is 2.06 bits per heavy atom. The Kier molecular flexibility index (Phi) is 3.44. The molecule has 1 heterocycles. The molecule has 0 fully saturated rings. The summed E-state index contributed by atoms with van der Waals surface area (Å²) in [5, 5.41) is 9.70. The second-order valence-corrected chi connectivity index (χ2v) is 4.46. The van der Waals surface area contributed by atoms with Crippen molar-refractivity contribution in [2.75, 3.05) is 6.61 Å². The van der Waals surface area contributed by atoms with E-state index >= 15 is 0 Å². The summed E-state index contributed by atoms with van der Waals surface area (Å²) in [5.41, 5.74) is 0.975. The van der Waals surface area contributed by atoms with Gasteiger partial charge in [-0.2, -0.15) is 0 Å². The van der Waals surface area contributed by atoms with E-state index in [2.05, 4.69) is 0 Å². The molecule has 0 bridgehead atoms. The van der Waals surface area contributed by atoms with E-state index in [0.717, 1.165) is 10.4 Å². The molecular formula is C13H12O3S. The largest absolute Gasteiger partial charge is 0.506 e. The van der Waals surface area contributed by atoms with Gasteiger partial charge < -0.3 is 9.84 Å². The van der Waals surface area contributed by atoms with Crippen LogP contribution in [0.5, 0.6) is 5.75 Å². The summed E-state index contributed by atoms with van der Waals surface area (Å²) in [6, 6.07) is 11.2. The number of benzene rings is 1. The number of esters is 1. The lowest BCUT2D eigenvalue weighted by atomic mass is 10.2. The van der Waals surface area contributed by atoms with Crippen molar-refractivity contribution in [1.82, 2.24) is 0 Å². The van der Waals surface area contributed by atoms with Crippen LogP contribution in [-0.4, -0.2) is 17.7 Å². The fourth-order valence-electron chi connectivity index (χ4n) is 1.47. The monoisotopic (exact) mass is 248 g/mol. The van der Waals surface area contributed by atoms with Gasteiger partial charge >= 0.3 is 5.97 Å². The number of rotatable bonds is 3. The second kappa shape index (κ2) is 5.01. The Bertz CT molecular complexity index is 517. The van der Waals surface area contributed by atoms with Gasteiger partial charge in [0.15, 0.2) is 4.88 Å². The molecular weight excluding hydrogens is 236 g/mol. The van der Waals surface area contributed by atoms with Crippen LogP contribution in [-0.2, 0) is 4.74 Å². The molecule has 1 aromatic heterocycles. The van der Waals surface area contributed by atoms with Gasteiger partial charge in [-0.3, -0.25) is 0 Å². The van der Waals surface area contributed by atoms with Crippen LogP contribution in [0.4, 0.5) is 0 Å². The lowest BCUT2D eigenvalue weighted by molar-refractivity contribution is 0.0529. The molecule has 2 rings (SSSR count). The zero-order valence-electron chi connectivity index (χ0n) is 9.34. The predicted octanol–water partition coefficient (Wildman–Crippen LogP) is 3.30. The summed E-state index contributed by atoms with van der Waals surface area (Å²) < 4.78 is 4.87. The van der Waals surface area contributed by atoms with Gasteiger partial charge in [0.1, 0.15) is 5.75 Å². The zero-order valence-corrected chi connectivity index (χ0v) is 10.2. The van der Waals surface area contributed by atoms with Crippen molar-refractivity contribution in [1.29, 1.82) is 0 Å².